The van der Waals surface area contributed by atoms with Crippen LogP contribution in [0, 0.1) is 11.3 Å². The van der Waals surface area contributed by atoms with Gasteiger partial charge < -0.3 is 4.74 Å². The van der Waals surface area contributed by atoms with Gasteiger partial charge in [-0.15, -0.1) is 0 Å². The number of cyclic esters (lactones) is 2. The van der Waals surface area contributed by atoms with Crippen molar-refractivity contribution < 1.29 is 14.3 Å². The zero-order valence-corrected chi connectivity index (χ0v) is 8.40. The lowest BCUT2D eigenvalue weighted by atomic mass is 9.74. The predicted octanol–water partition coefficient (Wildman–Crippen LogP) is 1.44. The van der Waals surface area contributed by atoms with E-state index in [0.29, 0.717) is 11.1 Å². The van der Waals surface area contributed by atoms with Crippen LogP contribution in [0.15, 0.2) is 47.1 Å². The van der Waals surface area contributed by atoms with Gasteiger partial charge in [0, 0.05) is 11.3 Å². The van der Waals surface area contributed by atoms with Crippen molar-refractivity contribution in [2.75, 3.05) is 0 Å². The number of carbonyl (C=O) groups is 2. The summed E-state index contributed by atoms with van der Waals surface area (Å²) >= 11 is 0. The third-order valence-electron chi connectivity index (χ3n) is 3.90. The predicted molar refractivity (Wildman–Crippen MR) is 55.0 cm³/mol. The molecule has 0 aromatic heterocycles. The van der Waals surface area contributed by atoms with E-state index in [1.807, 2.05) is 24.3 Å². The Morgan fingerprint density at radius 1 is 1.25 bits per heavy atom. The first kappa shape index (κ1) is 8.28. The van der Waals surface area contributed by atoms with Crippen LogP contribution in [0.4, 0.5) is 0 Å². The van der Waals surface area contributed by atoms with Gasteiger partial charge in [0.2, 0.25) is 0 Å². The number of rotatable bonds is 0. The summed E-state index contributed by atoms with van der Waals surface area (Å²) in [4.78, 5) is 23.3. The van der Waals surface area contributed by atoms with Crippen LogP contribution in [0.1, 0.15) is 6.42 Å². The van der Waals surface area contributed by atoms with Gasteiger partial charge in [-0.2, -0.15) is 0 Å². The highest BCUT2D eigenvalue weighted by Gasteiger charge is 2.58. The van der Waals surface area contributed by atoms with Crippen molar-refractivity contribution in [1.82, 2.24) is 0 Å². The zero-order chi connectivity index (χ0) is 10.9. The quantitative estimate of drug-likeness (QED) is 0.450. The molecule has 2 unspecified atom stereocenters. The summed E-state index contributed by atoms with van der Waals surface area (Å²) in [6, 6.07) is 0. The maximum absolute atomic E-state index is 11.7. The van der Waals surface area contributed by atoms with E-state index < -0.39 is 11.9 Å². The van der Waals surface area contributed by atoms with Gasteiger partial charge >= 0.3 is 11.9 Å². The molecule has 0 saturated heterocycles. The van der Waals surface area contributed by atoms with Crippen LogP contribution in [0.5, 0.6) is 0 Å². The second-order valence-electron chi connectivity index (χ2n) is 4.59. The average Bonchev–Trinajstić information content (AvgIpc) is 2.86. The maximum Gasteiger partial charge on any atom is 0.343 e. The van der Waals surface area contributed by atoms with E-state index in [0.717, 1.165) is 12.0 Å². The summed E-state index contributed by atoms with van der Waals surface area (Å²) < 4.78 is 4.71. The largest absolute Gasteiger partial charge is 0.386 e. The molecular weight excluding hydrogens is 204 g/mol. The monoisotopic (exact) mass is 212 g/mol. The van der Waals surface area contributed by atoms with Crippen LogP contribution in [0.2, 0.25) is 0 Å². The van der Waals surface area contributed by atoms with E-state index in [4.69, 9.17) is 4.74 Å². The second-order valence-corrected chi connectivity index (χ2v) is 4.59. The van der Waals surface area contributed by atoms with E-state index in [-0.39, 0.29) is 11.3 Å². The van der Waals surface area contributed by atoms with E-state index in [9.17, 15) is 9.59 Å². The fourth-order valence-electron chi connectivity index (χ4n) is 3.31. The Morgan fingerprint density at radius 3 is 3.00 bits per heavy atom. The van der Waals surface area contributed by atoms with Crippen LogP contribution in [0.25, 0.3) is 0 Å². The van der Waals surface area contributed by atoms with Gasteiger partial charge in [0.05, 0.1) is 11.1 Å². The lowest BCUT2D eigenvalue weighted by Crippen LogP contribution is -2.23. The summed E-state index contributed by atoms with van der Waals surface area (Å²) in [6.07, 6.45) is 10.8. The molecule has 3 aliphatic carbocycles. The molecule has 1 aliphatic heterocycles. The Labute approximate surface area is 91.8 Å². The summed E-state index contributed by atoms with van der Waals surface area (Å²) in [5, 5.41) is 0. The zero-order valence-electron chi connectivity index (χ0n) is 8.40. The SMILES string of the molecule is O=C1OC(=O)C2=C1C1C=C3C=CC=CC32C1. The Morgan fingerprint density at radius 2 is 2.12 bits per heavy atom. The summed E-state index contributed by atoms with van der Waals surface area (Å²) in [5.41, 5.74) is 1.94. The molecule has 0 aromatic carbocycles. The number of hydrogen-bond acceptors (Lipinski definition) is 3. The third kappa shape index (κ3) is 0.672. The van der Waals surface area contributed by atoms with Gasteiger partial charge in [0.1, 0.15) is 0 Å². The molecule has 2 atom stereocenters. The van der Waals surface area contributed by atoms with Crippen LogP contribution in [0.3, 0.4) is 0 Å². The van der Waals surface area contributed by atoms with E-state index >= 15 is 0 Å². The van der Waals surface area contributed by atoms with E-state index in [1.54, 1.807) is 0 Å². The number of allylic oxidation sites excluding steroid dienone is 6. The molecule has 2 bridgehead atoms. The molecule has 1 heterocycles. The number of carbonyl (C=O) groups excluding carboxylic acids is 2. The molecule has 3 nitrogen and oxygen atoms in total. The number of fused-ring (bicyclic) bond motifs is 2. The van der Waals surface area contributed by atoms with E-state index in [1.165, 1.54) is 0 Å². The van der Waals surface area contributed by atoms with Crippen molar-refractivity contribution >= 4 is 11.9 Å². The molecule has 4 rings (SSSR count). The number of ether oxygens (including phenoxy) is 1. The first-order valence-corrected chi connectivity index (χ1v) is 5.32. The lowest BCUT2D eigenvalue weighted by molar-refractivity contribution is -0.151. The first-order valence-electron chi connectivity index (χ1n) is 5.32. The number of esters is 2. The van der Waals surface area contributed by atoms with Gasteiger partial charge in [-0.25, -0.2) is 9.59 Å². The van der Waals surface area contributed by atoms with Crippen molar-refractivity contribution in [2.45, 2.75) is 6.42 Å². The summed E-state index contributed by atoms with van der Waals surface area (Å²) in [6.45, 7) is 0. The Kier molecular flexibility index (Phi) is 1.17. The normalized spacial score (nSPS) is 37.8. The van der Waals surface area contributed by atoms with Gasteiger partial charge in [0.25, 0.3) is 0 Å². The van der Waals surface area contributed by atoms with Crippen molar-refractivity contribution in [3.8, 4) is 0 Å². The average molecular weight is 212 g/mol. The minimum absolute atomic E-state index is 0.0661. The van der Waals surface area contributed by atoms with Crippen molar-refractivity contribution in [3.63, 3.8) is 0 Å². The molecular formula is C13H8O3. The van der Waals surface area contributed by atoms with Crippen LogP contribution < -0.4 is 0 Å². The fourth-order valence-corrected chi connectivity index (χ4v) is 3.31. The van der Waals surface area contributed by atoms with Gasteiger partial charge in [-0.3, -0.25) is 0 Å². The van der Waals surface area contributed by atoms with Crippen molar-refractivity contribution in [2.24, 2.45) is 11.3 Å². The standard InChI is InChI=1S/C13H8O3/c14-11-9-7-5-8-3-1-2-4-13(8,6-7)10(9)12(15)16-11/h1-5,7H,6H2. The van der Waals surface area contributed by atoms with Crippen molar-refractivity contribution in [3.05, 3.63) is 47.1 Å². The van der Waals surface area contributed by atoms with E-state index in [2.05, 4.69) is 6.08 Å². The summed E-state index contributed by atoms with van der Waals surface area (Å²) in [7, 11) is 0. The molecule has 4 aliphatic rings. The molecule has 0 aromatic rings. The molecule has 1 spiro atoms. The minimum atomic E-state index is -0.451. The Hall–Kier alpha value is -1.90. The summed E-state index contributed by atoms with van der Waals surface area (Å²) in [5.74, 6) is -0.829. The highest BCUT2D eigenvalue weighted by Crippen LogP contribution is 2.61. The Balaban J connectivity index is 2.01. The minimum Gasteiger partial charge on any atom is -0.386 e. The van der Waals surface area contributed by atoms with Crippen LogP contribution in [-0.2, 0) is 14.3 Å². The van der Waals surface area contributed by atoms with Crippen LogP contribution in [-0.4, -0.2) is 11.9 Å². The van der Waals surface area contributed by atoms with Crippen molar-refractivity contribution in [1.29, 1.82) is 0 Å². The highest BCUT2D eigenvalue weighted by atomic mass is 16.6. The maximum atomic E-state index is 11.7. The first-order chi connectivity index (χ1) is 7.72. The molecule has 0 amide bonds. The fraction of sp³-hybridized carbons (Fsp3) is 0.231. The van der Waals surface area contributed by atoms with Gasteiger partial charge in [0.15, 0.2) is 0 Å². The van der Waals surface area contributed by atoms with Crippen LogP contribution >= 0.6 is 0 Å². The Bertz CT molecular complexity index is 574. The van der Waals surface area contributed by atoms with Gasteiger partial charge in [-0.05, 0) is 12.0 Å². The molecule has 3 heteroatoms. The van der Waals surface area contributed by atoms with Gasteiger partial charge in [-0.1, -0.05) is 30.4 Å². The molecule has 0 radical (unpaired) electrons. The molecule has 0 saturated carbocycles. The lowest BCUT2D eigenvalue weighted by Gasteiger charge is -2.27. The molecule has 16 heavy (non-hydrogen) atoms. The molecule has 78 valence electrons. The second kappa shape index (κ2) is 2.26. The number of hydrogen-bond donors (Lipinski definition) is 0. The molecule has 0 fully saturated rings. The third-order valence-corrected chi connectivity index (χ3v) is 3.90. The highest BCUT2D eigenvalue weighted by molar-refractivity contribution is 6.15. The topological polar surface area (TPSA) is 43.4 Å². The molecule has 0 N–H and O–H groups in total. The smallest absolute Gasteiger partial charge is 0.343 e.